The minimum atomic E-state index is -0.229. The fourth-order valence-corrected chi connectivity index (χ4v) is 3.39. The SMILES string of the molecule is COc1cc(C)cc(C)c1C(N)C1(OC)CCCC1. The molecule has 1 aliphatic carbocycles. The van der Waals surface area contributed by atoms with Crippen LogP contribution in [0.5, 0.6) is 5.75 Å². The highest BCUT2D eigenvalue weighted by atomic mass is 16.5. The van der Waals surface area contributed by atoms with Crippen LogP contribution in [0.3, 0.4) is 0 Å². The number of ether oxygens (including phenoxy) is 2. The van der Waals surface area contributed by atoms with Crippen LogP contribution in [0.25, 0.3) is 0 Å². The second-order valence-corrected chi connectivity index (χ2v) is 5.65. The van der Waals surface area contributed by atoms with Crippen molar-refractivity contribution in [2.24, 2.45) is 5.73 Å². The van der Waals surface area contributed by atoms with E-state index in [1.54, 1.807) is 14.2 Å². The molecule has 2 rings (SSSR count). The van der Waals surface area contributed by atoms with Gasteiger partial charge in [0.15, 0.2) is 0 Å². The molecular formula is C16H25NO2. The van der Waals surface area contributed by atoms with Crippen LogP contribution in [-0.4, -0.2) is 19.8 Å². The van der Waals surface area contributed by atoms with E-state index in [9.17, 15) is 0 Å². The van der Waals surface area contributed by atoms with Gasteiger partial charge in [0.2, 0.25) is 0 Å². The van der Waals surface area contributed by atoms with E-state index in [0.29, 0.717) is 0 Å². The first-order valence-corrected chi connectivity index (χ1v) is 7.00. The van der Waals surface area contributed by atoms with E-state index in [1.807, 2.05) is 0 Å². The third-order valence-corrected chi connectivity index (χ3v) is 4.45. The Bertz CT molecular complexity index is 450. The van der Waals surface area contributed by atoms with Crippen molar-refractivity contribution in [3.63, 3.8) is 0 Å². The second-order valence-electron chi connectivity index (χ2n) is 5.65. The molecule has 0 radical (unpaired) electrons. The molecule has 3 nitrogen and oxygen atoms in total. The van der Waals surface area contributed by atoms with Gasteiger partial charge in [0.05, 0.1) is 18.8 Å². The molecule has 1 saturated carbocycles. The van der Waals surface area contributed by atoms with Gasteiger partial charge in [0, 0.05) is 12.7 Å². The van der Waals surface area contributed by atoms with E-state index in [0.717, 1.165) is 24.2 Å². The lowest BCUT2D eigenvalue weighted by atomic mass is 9.84. The van der Waals surface area contributed by atoms with E-state index >= 15 is 0 Å². The third kappa shape index (κ3) is 2.49. The maximum absolute atomic E-state index is 6.57. The number of aryl methyl sites for hydroxylation is 2. The highest BCUT2D eigenvalue weighted by Crippen LogP contribution is 2.44. The summed E-state index contributed by atoms with van der Waals surface area (Å²) in [6.07, 6.45) is 4.44. The van der Waals surface area contributed by atoms with Crippen molar-refractivity contribution in [1.82, 2.24) is 0 Å². The normalized spacial score (nSPS) is 19.4. The van der Waals surface area contributed by atoms with Crippen LogP contribution in [0.1, 0.15) is 48.4 Å². The summed E-state index contributed by atoms with van der Waals surface area (Å²) in [5.41, 5.74) is 9.82. The molecular weight excluding hydrogens is 238 g/mol. The molecule has 2 N–H and O–H groups in total. The molecule has 1 aromatic carbocycles. The largest absolute Gasteiger partial charge is 0.496 e. The van der Waals surface area contributed by atoms with Gasteiger partial charge in [-0.3, -0.25) is 0 Å². The molecule has 0 heterocycles. The van der Waals surface area contributed by atoms with Crippen LogP contribution >= 0.6 is 0 Å². The fraction of sp³-hybridized carbons (Fsp3) is 0.625. The minimum absolute atomic E-state index is 0.129. The van der Waals surface area contributed by atoms with Gasteiger partial charge in [-0.2, -0.15) is 0 Å². The molecule has 0 aromatic heterocycles. The molecule has 0 amide bonds. The van der Waals surface area contributed by atoms with Crippen molar-refractivity contribution in [2.45, 2.75) is 51.2 Å². The zero-order chi connectivity index (χ0) is 14.0. The Morgan fingerprint density at radius 3 is 2.32 bits per heavy atom. The maximum atomic E-state index is 6.57. The molecule has 106 valence electrons. The molecule has 0 spiro atoms. The first-order chi connectivity index (χ1) is 9.04. The maximum Gasteiger partial charge on any atom is 0.124 e. The molecule has 1 aliphatic rings. The first kappa shape index (κ1) is 14.4. The van der Waals surface area contributed by atoms with Crippen molar-refractivity contribution in [2.75, 3.05) is 14.2 Å². The van der Waals surface area contributed by atoms with Crippen molar-refractivity contribution < 1.29 is 9.47 Å². The van der Waals surface area contributed by atoms with E-state index in [4.69, 9.17) is 15.2 Å². The number of nitrogens with two attached hydrogens (primary N) is 1. The Morgan fingerprint density at radius 2 is 1.79 bits per heavy atom. The van der Waals surface area contributed by atoms with E-state index in [1.165, 1.54) is 24.0 Å². The molecule has 0 aliphatic heterocycles. The van der Waals surface area contributed by atoms with Crippen LogP contribution in [-0.2, 0) is 4.74 Å². The number of rotatable bonds is 4. The van der Waals surface area contributed by atoms with Crippen LogP contribution in [0.4, 0.5) is 0 Å². The molecule has 0 saturated heterocycles. The molecule has 19 heavy (non-hydrogen) atoms. The molecule has 1 aromatic rings. The van der Waals surface area contributed by atoms with Crippen LogP contribution in [0.2, 0.25) is 0 Å². The summed E-state index contributed by atoms with van der Waals surface area (Å²) >= 11 is 0. The molecule has 1 unspecified atom stereocenters. The minimum Gasteiger partial charge on any atom is -0.496 e. The lowest BCUT2D eigenvalue weighted by Crippen LogP contribution is -2.41. The Balaban J connectivity index is 2.45. The summed E-state index contributed by atoms with van der Waals surface area (Å²) in [7, 11) is 3.49. The average Bonchev–Trinajstić information content (AvgIpc) is 2.87. The Hall–Kier alpha value is -1.06. The van der Waals surface area contributed by atoms with E-state index in [2.05, 4.69) is 26.0 Å². The predicted octanol–water partition coefficient (Wildman–Crippen LogP) is 3.27. The quantitative estimate of drug-likeness (QED) is 0.906. The summed E-state index contributed by atoms with van der Waals surface area (Å²) in [6.45, 7) is 4.18. The predicted molar refractivity (Wildman–Crippen MR) is 77.6 cm³/mol. The zero-order valence-corrected chi connectivity index (χ0v) is 12.5. The van der Waals surface area contributed by atoms with E-state index in [-0.39, 0.29) is 11.6 Å². The first-order valence-electron chi connectivity index (χ1n) is 7.00. The summed E-state index contributed by atoms with van der Waals surface area (Å²) < 4.78 is 11.4. The number of methoxy groups -OCH3 is 2. The van der Waals surface area contributed by atoms with Gasteiger partial charge in [0.25, 0.3) is 0 Å². The van der Waals surface area contributed by atoms with Gasteiger partial charge in [-0.05, 0) is 43.9 Å². The second kappa shape index (κ2) is 5.51. The summed E-state index contributed by atoms with van der Waals surface area (Å²) in [5, 5.41) is 0. The van der Waals surface area contributed by atoms with Crippen molar-refractivity contribution in [3.8, 4) is 5.75 Å². The lowest BCUT2D eigenvalue weighted by Gasteiger charge is -2.35. The molecule has 3 heteroatoms. The van der Waals surface area contributed by atoms with Gasteiger partial charge < -0.3 is 15.2 Å². The Labute approximate surface area is 116 Å². The van der Waals surface area contributed by atoms with Gasteiger partial charge in [0.1, 0.15) is 5.75 Å². The van der Waals surface area contributed by atoms with Crippen LogP contribution < -0.4 is 10.5 Å². The lowest BCUT2D eigenvalue weighted by molar-refractivity contribution is -0.0270. The monoisotopic (exact) mass is 263 g/mol. The van der Waals surface area contributed by atoms with Crippen molar-refractivity contribution in [3.05, 3.63) is 28.8 Å². The van der Waals surface area contributed by atoms with Gasteiger partial charge in [-0.25, -0.2) is 0 Å². The highest BCUT2D eigenvalue weighted by molar-refractivity contribution is 5.46. The van der Waals surface area contributed by atoms with Crippen molar-refractivity contribution >= 4 is 0 Å². The molecule has 1 atom stereocenters. The topological polar surface area (TPSA) is 44.5 Å². The smallest absolute Gasteiger partial charge is 0.124 e. The highest BCUT2D eigenvalue weighted by Gasteiger charge is 2.42. The standard InChI is InChI=1S/C16H25NO2/c1-11-9-12(2)14(13(10-11)18-3)15(17)16(19-4)7-5-6-8-16/h9-10,15H,5-8,17H2,1-4H3. The Kier molecular flexibility index (Phi) is 4.16. The number of hydrogen-bond acceptors (Lipinski definition) is 3. The fourth-order valence-electron chi connectivity index (χ4n) is 3.39. The summed E-state index contributed by atoms with van der Waals surface area (Å²) in [4.78, 5) is 0. The molecule has 1 fully saturated rings. The average molecular weight is 263 g/mol. The van der Waals surface area contributed by atoms with Gasteiger partial charge >= 0.3 is 0 Å². The van der Waals surface area contributed by atoms with Crippen molar-refractivity contribution in [1.29, 1.82) is 0 Å². The van der Waals surface area contributed by atoms with Crippen LogP contribution in [0, 0.1) is 13.8 Å². The van der Waals surface area contributed by atoms with Gasteiger partial charge in [-0.15, -0.1) is 0 Å². The zero-order valence-electron chi connectivity index (χ0n) is 12.5. The third-order valence-electron chi connectivity index (χ3n) is 4.45. The summed E-state index contributed by atoms with van der Waals surface area (Å²) in [6, 6.07) is 4.09. The number of benzene rings is 1. The van der Waals surface area contributed by atoms with E-state index < -0.39 is 0 Å². The Morgan fingerprint density at radius 1 is 1.16 bits per heavy atom. The summed E-state index contributed by atoms with van der Waals surface area (Å²) in [5.74, 6) is 0.883. The molecule has 0 bridgehead atoms. The number of hydrogen-bond donors (Lipinski definition) is 1. The van der Waals surface area contributed by atoms with Crippen LogP contribution in [0.15, 0.2) is 12.1 Å². The van der Waals surface area contributed by atoms with Gasteiger partial charge in [-0.1, -0.05) is 18.9 Å².